The maximum absolute atomic E-state index is 5.72. The van der Waals surface area contributed by atoms with Crippen LogP contribution in [0.4, 0.5) is 5.13 Å². The van der Waals surface area contributed by atoms with Gasteiger partial charge in [0.2, 0.25) is 0 Å². The highest BCUT2D eigenvalue weighted by molar-refractivity contribution is 7.22. The zero-order valence-corrected chi connectivity index (χ0v) is 9.41. The molecule has 0 aliphatic heterocycles. The molecule has 0 bridgehead atoms. The first-order chi connectivity index (χ1) is 7.79. The van der Waals surface area contributed by atoms with E-state index >= 15 is 0 Å². The molecule has 0 saturated heterocycles. The van der Waals surface area contributed by atoms with Gasteiger partial charge in [-0.15, -0.1) is 0 Å². The lowest BCUT2D eigenvalue weighted by atomic mass is 10.2. The van der Waals surface area contributed by atoms with Gasteiger partial charge >= 0.3 is 0 Å². The van der Waals surface area contributed by atoms with Gasteiger partial charge < -0.3 is 10.5 Å². The van der Waals surface area contributed by atoms with Crippen molar-refractivity contribution in [2.45, 2.75) is 0 Å². The van der Waals surface area contributed by atoms with Crippen LogP contribution < -0.4 is 10.5 Å². The highest BCUT2D eigenvalue weighted by Gasteiger charge is 2.11. The van der Waals surface area contributed by atoms with Gasteiger partial charge in [0.1, 0.15) is 11.3 Å². The second-order valence-corrected chi connectivity index (χ2v) is 4.44. The number of methoxy groups -OCH3 is 1. The van der Waals surface area contributed by atoms with Crippen LogP contribution in [0.15, 0.2) is 24.4 Å². The Kier molecular flexibility index (Phi) is 1.94. The fourth-order valence-corrected chi connectivity index (χ4v) is 2.56. The number of nitrogen functional groups attached to an aromatic ring is 1. The van der Waals surface area contributed by atoms with Crippen molar-refractivity contribution in [2.24, 2.45) is 0 Å². The zero-order chi connectivity index (χ0) is 11.1. The number of aromatic nitrogens is 2. The van der Waals surface area contributed by atoms with E-state index in [0.29, 0.717) is 5.13 Å². The number of ether oxygens (including phenoxy) is 1. The molecule has 0 atom stereocenters. The van der Waals surface area contributed by atoms with Gasteiger partial charge in [-0.3, -0.25) is 4.98 Å². The van der Waals surface area contributed by atoms with Gasteiger partial charge in [0.25, 0.3) is 0 Å². The highest BCUT2D eigenvalue weighted by atomic mass is 32.1. The number of rotatable bonds is 1. The first-order valence-corrected chi connectivity index (χ1v) is 5.59. The summed E-state index contributed by atoms with van der Waals surface area (Å²) in [6.07, 6.45) is 1.74. The Bertz CT molecular complexity index is 677. The third-order valence-electron chi connectivity index (χ3n) is 2.45. The second kappa shape index (κ2) is 3.31. The minimum Gasteiger partial charge on any atom is -0.494 e. The van der Waals surface area contributed by atoms with Gasteiger partial charge in [-0.25, -0.2) is 4.98 Å². The lowest BCUT2D eigenvalue weighted by Crippen LogP contribution is -1.88. The lowest BCUT2D eigenvalue weighted by Gasteiger charge is -2.04. The van der Waals surface area contributed by atoms with Crippen LogP contribution in [0.5, 0.6) is 5.75 Å². The van der Waals surface area contributed by atoms with Crippen LogP contribution in [-0.2, 0) is 0 Å². The Morgan fingerprint density at radius 1 is 1.38 bits per heavy atom. The van der Waals surface area contributed by atoms with Crippen molar-refractivity contribution < 1.29 is 4.74 Å². The minimum atomic E-state index is 0.563. The Hall–Kier alpha value is -1.88. The molecule has 16 heavy (non-hydrogen) atoms. The largest absolute Gasteiger partial charge is 0.494 e. The number of nitrogens with zero attached hydrogens (tertiary/aromatic N) is 2. The van der Waals surface area contributed by atoms with E-state index in [9.17, 15) is 0 Å². The summed E-state index contributed by atoms with van der Waals surface area (Å²) in [5.74, 6) is 0.756. The predicted molar refractivity (Wildman–Crippen MR) is 65.9 cm³/mol. The molecule has 0 aliphatic carbocycles. The first-order valence-electron chi connectivity index (χ1n) is 4.77. The van der Waals surface area contributed by atoms with Gasteiger partial charge in [-0.2, -0.15) is 0 Å². The van der Waals surface area contributed by atoms with Crippen LogP contribution >= 0.6 is 11.3 Å². The third-order valence-corrected chi connectivity index (χ3v) is 3.28. The fraction of sp³-hybridized carbons (Fsp3) is 0.0909. The molecule has 2 N–H and O–H groups in total. The zero-order valence-electron chi connectivity index (χ0n) is 8.60. The van der Waals surface area contributed by atoms with Crippen molar-refractivity contribution in [1.82, 2.24) is 9.97 Å². The van der Waals surface area contributed by atoms with Gasteiger partial charge in [0.05, 0.1) is 17.3 Å². The normalized spacial score (nSPS) is 11.1. The van der Waals surface area contributed by atoms with Crippen molar-refractivity contribution in [3.63, 3.8) is 0 Å². The number of benzene rings is 1. The van der Waals surface area contributed by atoms with Gasteiger partial charge in [-0.1, -0.05) is 11.3 Å². The summed E-state index contributed by atoms with van der Waals surface area (Å²) >= 11 is 1.46. The van der Waals surface area contributed by atoms with Crippen LogP contribution in [-0.4, -0.2) is 17.1 Å². The number of pyridine rings is 1. The lowest BCUT2D eigenvalue weighted by molar-refractivity contribution is 0.419. The molecule has 0 fully saturated rings. The Labute approximate surface area is 95.7 Å². The summed E-state index contributed by atoms with van der Waals surface area (Å²) in [7, 11) is 1.64. The van der Waals surface area contributed by atoms with Crippen LogP contribution in [0.3, 0.4) is 0 Å². The Morgan fingerprint density at radius 3 is 3.06 bits per heavy atom. The molecule has 3 rings (SSSR count). The first kappa shape index (κ1) is 9.35. The molecule has 0 unspecified atom stereocenters. The molecular weight excluding hydrogens is 222 g/mol. The summed E-state index contributed by atoms with van der Waals surface area (Å²) in [5.41, 5.74) is 7.44. The molecule has 0 saturated carbocycles. The smallest absolute Gasteiger partial charge is 0.181 e. The van der Waals surface area contributed by atoms with E-state index in [1.54, 1.807) is 13.3 Å². The predicted octanol–water partition coefficient (Wildman–Crippen LogP) is 2.44. The molecule has 0 spiro atoms. The molecular formula is C11H9N3OS. The highest BCUT2D eigenvalue weighted by Crippen LogP contribution is 2.35. The van der Waals surface area contributed by atoms with E-state index in [-0.39, 0.29) is 0 Å². The summed E-state index contributed by atoms with van der Waals surface area (Å²) in [4.78, 5) is 8.63. The standard InChI is InChI=1S/C11H9N3OS/c1-15-7-5-8-10(14-11(12)16-8)6-3-2-4-13-9(6)7/h2-5H,1H3,(H2,12,14). The maximum Gasteiger partial charge on any atom is 0.181 e. The van der Waals surface area contributed by atoms with E-state index in [0.717, 1.165) is 26.9 Å². The third kappa shape index (κ3) is 1.22. The second-order valence-electron chi connectivity index (χ2n) is 3.38. The van der Waals surface area contributed by atoms with Crippen molar-refractivity contribution in [3.8, 4) is 5.75 Å². The van der Waals surface area contributed by atoms with Crippen LogP contribution in [0.1, 0.15) is 0 Å². The monoisotopic (exact) mass is 231 g/mol. The number of hydrogen-bond acceptors (Lipinski definition) is 5. The molecule has 0 radical (unpaired) electrons. The minimum absolute atomic E-state index is 0.563. The molecule has 3 aromatic rings. The molecule has 2 heterocycles. The van der Waals surface area contributed by atoms with Gasteiger partial charge in [-0.05, 0) is 12.1 Å². The number of thiazole rings is 1. The van der Waals surface area contributed by atoms with E-state index < -0.39 is 0 Å². The van der Waals surface area contributed by atoms with Gasteiger partial charge in [0, 0.05) is 17.6 Å². The summed E-state index contributed by atoms with van der Waals surface area (Å²) in [5, 5.41) is 1.54. The fourth-order valence-electron chi connectivity index (χ4n) is 1.78. The SMILES string of the molecule is COc1cc2sc(N)nc2c2cccnc12. The number of nitrogens with two attached hydrogens (primary N) is 1. The van der Waals surface area contributed by atoms with Crippen LogP contribution in [0.2, 0.25) is 0 Å². The Balaban J connectivity index is 2.56. The summed E-state index contributed by atoms with van der Waals surface area (Å²) < 4.78 is 6.34. The van der Waals surface area contributed by atoms with Crippen molar-refractivity contribution in [3.05, 3.63) is 24.4 Å². The number of anilines is 1. The van der Waals surface area contributed by atoms with E-state index in [1.165, 1.54) is 11.3 Å². The molecule has 5 heteroatoms. The van der Waals surface area contributed by atoms with Crippen LogP contribution in [0.25, 0.3) is 21.1 Å². The van der Waals surface area contributed by atoms with Crippen LogP contribution in [0, 0.1) is 0 Å². The summed E-state index contributed by atoms with van der Waals surface area (Å²) in [6.45, 7) is 0. The molecule has 2 aromatic heterocycles. The molecule has 0 aliphatic rings. The maximum atomic E-state index is 5.72. The van der Waals surface area contributed by atoms with Crippen molar-refractivity contribution >= 4 is 37.6 Å². The summed E-state index contributed by atoms with van der Waals surface area (Å²) in [6, 6.07) is 5.79. The Morgan fingerprint density at radius 2 is 2.25 bits per heavy atom. The average molecular weight is 231 g/mol. The van der Waals surface area contributed by atoms with E-state index in [4.69, 9.17) is 10.5 Å². The topological polar surface area (TPSA) is 61.0 Å². The molecule has 0 amide bonds. The van der Waals surface area contributed by atoms with Crippen molar-refractivity contribution in [2.75, 3.05) is 12.8 Å². The average Bonchev–Trinajstić information content (AvgIpc) is 2.68. The molecule has 4 nitrogen and oxygen atoms in total. The van der Waals surface area contributed by atoms with Crippen molar-refractivity contribution in [1.29, 1.82) is 0 Å². The van der Waals surface area contributed by atoms with E-state index in [2.05, 4.69) is 9.97 Å². The van der Waals surface area contributed by atoms with E-state index in [1.807, 2.05) is 18.2 Å². The molecule has 80 valence electrons. The number of hydrogen-bond donors (Lipinski definition) is 1. The number of fused-ring (bicyclic) bond motifs is 3. The molecule has 1 aromatic carbocycles. The van der Waals surface area contributed by atoms with Gasteiger partial charge in [0.15, 0.2) is 5.13 Å². The quantitative estimate of drug-likeness (QED) is 0.698.